The smallest absolute Gasteiger partial charge is 0.137 e. The lowest BCUT2D eigenvalue weighted by molar-refractivity contribution is 0.228. The number of pyridine rings is 1. The highest BCUT2D eigenvalue weighted by molar-refractivity contribution is 6.32. The van der Waals surface area contributed by atoms with Crippen molar-refractivity contribution in [2.45, 2.75) is 12.8 Å². The van der Waals surface area contributed by atoms with Crippen molar-refractivity contribution in [1.29, 1.82) is 0 Å². The van der Waals surface area contributed by atoms with E-state index >= 15 is 0 Å². The Morgan fingerprint density at radius 2 is 2.05 bits per heavy atom. The molecule has 0 radical (unpaired) electrons. The van der Waals surface area contributed by atoms with Gasteiger partial charge < -0.3 is 9.64 Å². The number of hydrogen-bond donors (Lipinski definition) is 0. The molecule has 21 heavy (non-hydrogen) atoms. The summed E-state index contributed by atoms with van der Waals surface area (Å²) < 4.78 is 5.88. The van der Waals surface area contributed by atoms with Crippen LogP contribution in [0.3, 0.4) is 0 Å². The maximum absolute atomic E-state index is 6.12. The normalized spacial score (nSPS) is 18.5. The number of hydrogen-bond acceptors (Lipinski definition) is 3. The second kappa shape index (κ2) is 6.81. The third-order valence-electron chi connectivity index (χ3n) is 3.80. The molecular weight excluding hydrogens is 284 g/mol. The molecule has 4 heteroatoms. The summed E-state index contributed by atoms with van der Waals surface area (Å²) in [6.07, 6.45) is 4.21. The summed E-state index contributed by atoms with van der Waals surface area (Å²) in [5, 5.41) is 0.676. The van der Waals surface area contributed by atoms with Gasteiger partial charge in [0.15, 0.2) is 0 Å². The van der Waals surface area contributed by atoms with Crippen LogP contribution in [0.4, 0.5) is 5.82 Å². The first-order chi connectivity index (χ1) is 10.3. The Kier molecular flexibility index (Phi) is 4.61. The Morgan fingerprint density at radius 3 is 2.86 bits per heavy atom. The molecule has 1 aliphatic rings. The molecule has 1 aliphatic heterocycles. The van der Waals surface area contributed by atoms with Crippen LogP contribution >= 0.6 is 11.6 Å². The number of para-hydroxylation sites is 1. The van der Waals surface area contributed by atoms with Gasteiger partial charge in [0.2, 0.25) is 0 Å². The van der Waals surface area contributed by atoms with E-state index in [1.165, 1.54) is 12.8 Å². The van der Waals surface area contributed by atoms with Gasteiger partial charge in [-0.2, -0.15) is 0 Å². The monoisotopic (exact) mass is 302 g/mol. The van der Waals surface area contributed by atoms with Gasteiger partial charge in [0.1, 0.15) is 11.6 Å². The lowest BCUT2D eigenvalue weighted by atomic mass is 9.99. The average Bonchev–Trinajstić information content (AvgIpc) is 2.55. The zero-order valence-electron chi connectivity index (χ0n) is 11.9. The van der Waals surface area contributed by atoms with Gasteiger partial charge in [-0.15, -0.1) is 0 Å². The van der Waals surface area contributed by atoms with E-state index in [2.05, 4.69) is 16.0 Å². The molecule has 1 atom stereocenters. The van der Waals surface area contributed by atoms with Crippen LogP contribution in [-0.2, 0) is 0 Å². The number of piperidine rings is 1. The third-order valence-corrected chi connectivity index (χ3v) is 4.12. The van der Waals surface area contributed by atoms with Gasteiger partial charge in [0.25, 0.3) is 0 Å². The van der Waals surface area contributed by atoms with Crippen molar-refractivity contribution in [1.82, 2.24) is 4.98 Å². The molecule has 3 rings (SSSR count). The standard InChI is InChI=1S/C17H19ClN2O/c18-15-7-1-2-8-16(15)21-13-14-6-5-11-20(12-14)17-9-3-4-10-19-17/h1-4,7-10,14H,5-6,11-13H2. The van der Waals surface area contributed by atoms with Gasteiger partial charge >= 0.3 is 0 Å². The number of nitrogens with zero attached hydrogens (tertiary/aromatic N) is 2. The summed E-state index contributed by atoms with van der Waals surface area (Å²) in [4.78, 5) is 6.77. The Labute approximate surface area is 130 Å². The SMILES string of the molecule is Clc1ccccc1OCC1CCCN(c2ccccn2)C1. The van der Waals surface area contributed by atoms with E-state index in [9.17, 15) is 0 Å². The first kappa shape index (κ1) is 14.2. The van der Waals surface area contributed by atoms with Crippen LogP contribution < -0.4 is 9.64 Å². The van der Waals surface area contributed by atoms with Crippen molar-refractivity contribution in [2.24, 2.45) is 5.92 Å². The largest absolute Gasteiger partial charge is 0.492 e. The first-order valence-electron chi connectivity index (χ1n) is 7.36. The van der Waals surface area contributed by atoms with Crippen molar-refractivity contribution in [3.8, 4) is 5.75 Å². The highest BCUT2D eigenvalue weighted by Crippen LogP contribution is 2.26. The van der Waals surface area contributed by atoms with Crippen molar-refractivity contribution >= 4 is 17.4 Å². The molecule has 1 aromatic heterocycles. The van der Waals surface area contributed by atoms with Gasteiger partial charge in [-0.1, -0.05) is 29.8 Å². The van der Waals surface area contributed by atoms with Crippen molar-refractivity contribution in [2.75, 3.05) is 24.6 Å². The van der Waals surface area contributed by atoms with E-state index < -0.39 is 0 Å². The fraction of sp³-hybridized carbons (Fsp3) is 0.353. The molecule has 0 saturated carbocycles. The average molecular weight is 303 g/mol. The van der Waals surface area contributed by atoms with E-state index in [4.69, 9.17) is 16.3 Å². The molecular formula is C17H19ClN2O. The minimum atomic E-state index is 0.511. The molecule has 2 heterocycles. The summed E-state index contributed by atoms with van der Waals surface area (Å²) in [6.45, 7) is 2.76. The van der Waals surface area contributed by atoms with Crippen LogP contribution in [-0.4, -0.2) is 24.7 Å². The van der Waals surface area contributed by atoms with Crippen molar-refractivity contribution in [3.05, 3.63) is 53.7 Å². The van der Waals surface area contributed by atoms with Crippen LogP contribution in [0, 0.1) is 5.92 Å². The number of ether oxygens (including phenoxy) is 1. The molecule has 0 N–H and O–H groups in total. The van der Waals surface area contributed by atoms with Crippen LogP contribution in [0.2, 0.25) is 5.02 Å². The van der Waals surface area contributed by atoms with E-state index in [1.807, 2.05) is 42.6 Å². The van der Waals surface area contributed by atoms with Crippen molar-refractivity contribution in [3.63, 3.8) is 0 Å². The molecule has 1 aromatic carbocycles. The first-order valence-corrected chi connectivity index (χ1v) is 7.74. The van der Waals surface area contributed by atoms with Gasteiger partial charge in [-0.25, -0.2) is 4.98 Å². The molecule has 0 bridgehead atoms. The Hall–Kier alpha value is -1.74. The van der Waals surface area contributed by atoms with E-state index in [1.54, 1.807) is 0 Å². The molecule has 0 spiro atoms. The predicted molar refractivity (Wildman–Crippen MR) is 86.1 cm³/mol. The predicted octanol–water partition coefficient (Wildman–Crippen LogP) is 4.03. The highest BCUT2D eigenvalue weighted by Gasteiger charge is 2.21. The van der Waals surface area contributed by atoms with Gasteiger partial charge in [0.05, 0.1) is 11.6 Å². The molecule has 110 valence electrons. The maximum Gasteiger partial charge on any atom is 0.137 e. The molecule has 2 aromatic rings. The van der Waals surface area contributed by atoms with Gasteiger partial charge in [-0.3, -0.25) is 0 Å². The van der Waals surface area contributed by atoms with Gasteiger partial charge in [-0.05, 0) is 37.1 Å². The number of rotatable bonds is 4. The Bertz CT molecular complexity index is 576. The van der Waals surface area contributed by atoms with E-state index in [0.29, 0.717) is 17.5 Å². The second-order valence-electron chi connectivity index (χ2n) is 5.38. The lowest BCUT2D eigenvalue weighted by Crippen LogP contribution is -2.38. The second-order valence-corrected chi connectivity index (χ2v) is 5.79. The summed E-state index contributed by atoms with van der Waals surface area (Å²) in [7, 11) is 0. The van der Waals surface area contributed by atoms with E-state index in [-0.39, 0.29) is 0 Å². The zero-order chi connectivity index (χ0) is 14.5. The lowest BCUT2D eigenvalue weighted by Gasteiger charge is -2.33. The maximum atomic E-state index is 6.12. The summed E-state index contributed by atoms with van der Waals surface area (Å²) in [5.41, 5.74) is 0. The summed E-state index contributed by atoms with van der Waals surface area (Å²) >= 11 is 6.12. The highest BCUT2D eigenvalue weighted by atomic mass is 35.5. The molecule has 1 saturated heterocycles. The van der Waals surface area contributed by atoms with Crippen LogP contribution in [0.1, 0.15) is 12.8 Å². The number of benzene rings is 1. The third kappa shape index (κ3) is 3.67. The fourth-order valence-corrected chi connectivity index (χ4v) is 2.91. The Balaban J connectivity index is 1.58. The topological polar surface area (TPSA) is 25.4 Å². The Morgan fingerprint density at radius 1 is 1.19 bits per heavy atom. The molecule has 0 amide bonds. The molecule has 1 fully saturated rings. The molecule has 0 aliphatic carbocycles. The quantitative estimate of drug-likeness (QED) is 0.852. The van der Waals surface area contributed by atoms with Crippen LogP contribution in [0.25, 0.3) is 0 Å². The minimum Gasteiger partial charge on any atom is -0.492 e. The minimum absolute atomic E-state index is 0.511. The number of aromatic nitrogens is 1. The van der Waals surface area contributed by atoms with Gasteiger partial charge in [0, 0.05) is 25.2 Å². The van der Waals surface area contributed by atoms with Crippen LogP contribution in [0.5, 0.6) is 5.75 Å². The number of anilines is 1. The zero-order valence-corrected chi connectivity index (χ0v) is 12.7. The number of halogens is 1. The molecule has 3 nitrogen and oxygen atoms in total. The van der Waals surface area contributed by atoms with Crippen LogP contribution in [0.15, 0.2) is 48.7 Å². The van der Waals surface area contributed by atoms with Crippen molar-refractivity contribution < 1.29 is 4.74 Å². The summed E-state index contributed by atoms with van der Waals surface area (Å²) in [6, 6.07) is 13.7. The molecule has 1 unspecified atom stereocenters. The van der Waals surface area contributed by atoms with E-state index in [0.717, 1.165) is 24.7 Å². The fourth-order valence-electron chi connectivity index (χ4n) is 2.72. The summed E-state index contributed by atoms with van der Waals surface area (Å²) in [5.74, 6) is 2.34.